The molecular formula is C13H17N3S. The first-order chi connectivity index (χ1) is 8.28. The molecule has 0 aliphatic carbocycles. The largest absolute Gasteiger partial charge is 0.367 e. The first kappa shape index (κ1) is 12.0. The van der Waals surface area contributed by atoms with Gasteiger partial charge in [-0.3, -0.25) is 0 Å². The van der Waals surface area contributed by atoms with Gasteiger partial charge in [-0.15, -0.1) is 0 Å². The minimum absolute atomic E-state index is 0.379. The standard InChI is InChI=1S/C13H17N3S/c1-3-12-7-13(15-9-14-12)16-10(2)6-11-4-5-17-8-11/h4-5,7-10H,3,6H2,1-2H3,(H,14,15,16). The van der Waals surface area contributed by atoms with E-state index in [1.807, 2.05) is 6.07 Å². The lowest BCUT2D eigenvalue weighted by Crippen LogP contribution is -2.18. The quantitative estimate of drug-likeness (QED) is 0.882. The number of hydrogen-bond acceptors (Lipinski definition) is 4. The van der Waals surface area contributed by atoms with Gasteiger partial charge in [-0.2, -0.15) is 11.3 Å². The molecule has 0 saturated heterocycles. The van der Waals surface area contributed by atoms with Crippen LogP contribution in [0.3, 0.4) is 0 Å². The molecule has 1 atom stereocenters. The van der Waals surface area contributed by atoms with Crippen LogP contribution in [0.15, 0.2) is 29.2 Å². The molecule has 0 spiro atoms. The smallest absolute Gasteiger partial charge is 0.129 e. The van der Waals surface area contributed by atoms with Gasteiger partial charge < -0.3 is 5.32 Å². The molecule has 4 heteroatoms. The van der Waals surface area contributed by atoms with Crippen molar-refractivity contribution in [3.8, 4) is 0 Å². The zero-order chi connectivity index (χ0) is 12.1. The number of rotatable bonds is 5. The molecule has 17 heavy (non-hydrogen) atoms. The van der Waals surface area contributed by atoms with E-state index in [1.54, 1.807) is 17.7 Å². The first-order valence-electron chi connectivity index (χ1n) is 5.86. The van der Waals surface area contributed by atoms with Crippen LogP contribution in [0.1, 0.15) is 25.1 Å². The fraction of sp³-hybridized carbons (Fsp3) is 0.385. The van der Waals surface area contributed by atoms with E-state index in [0.717, 1.165) is 24.4 Å². The van der Waals surface area contributed by atoms with E-state index in [-0.39, 0.29) is 0 Å². The highest BCUT2D eigenvalue weighted by Crippen LogP contribution is 2.12. The van der Waals surface area contributed by atoms with Crippen LogP contribution in [0.4, 0.5) is 5.82 Å². The van der Waals surface area contributed by atoms with Crippen molar-refractivity contribution in [1.82, 2.24) is 9.97 Å². The molecule has 0 saturated carbocycles. The van der Waals surface area contributed by atoms with Gasteiger partial charge in [-0.05, 0) is 42.2 Å². The van der Waals surface area contributed by atoms with Crippen molar-refractivity contribution in [2.75, 3.05) is 5.32 Å². The van der Waals surface area contributed by atoms with Crippen LogP contribution in [0.25, 0.3) is 0 Å². The monoisotopic (exact) mass is 247 g/mol. The van der Waals surface area contributed by atoms with Crippen molar-refractivity contribution < 1.29 is 0 Å². The lowest BCUT2D eigenvalue weighted by atomic mass is 10.1. The second-order valence-electron chi connectivity index (χ2n) is 4.13. The van der Waals surface area contributed by atoms with Crippen molar-refractivity contribution in [2.24, 2.45) is 0 Å². The summed E-state index contributed by atoms with van der Waals surface area (Å²) < 4.78 is 0. The van der Waals surface area contributed by atoms with Gasteiger partial charge in [-0.1, -0.05) is 6.92 Å². The highest BCUT2D eigenvalue weighted by molar-refractivity contribution is 7.07. The minimum atomic E-state index is 0.379. The Morgan fingerprint density at radius 3 is 3.00 bits per heavy atom. The number of anilines is 1. The molecular weight excluding hydrogens is 230 g/mol. The molecule has 90 valence electrons. The molecule has 0 fully saturated rings. The van der Waals surface area contributed by atoms with Crippen LogP contribution >= 0.6 is 11.3 Å². The van der Waals surface area contributed by atoms with Crippen LogP contribution in [0.5, 0.6) is 0 Å². The molecule has 0 aliphatic rings. The highest BCUT2D eigenvalue weighted by Gasteiger charge is 2.05. The van der Waals surface area contributed by atoms with E-state index in [1.165, 1.54) is 5.56 Å². The van der Waals surface area contributed by atoms with Crippen LogP contribution in [-0.4, -0.2) is 16.0 Å². The van der Waals surface area contributed by atoms with Crippen molar-refractivity contribution in [2.45, 2.75) is 32.7 Å². The van der Waals surface area contributed by atoms with Crippen molar-refractivity contribution >= 4 is 17.2 Å². The third kappa shape index (κ3) is 3.53. The topological polar surface area (TPSA) is 37.8 Å². The Labute approximate surface area is 106 Å². The second-order valence-corrected chi connectivity index (χ2v) is 4.91. The van der Waals surface area contributed by atoms with Crippen LogP contribution in [-0.2, 0) is 12.8 Å². The zero-order valence-corrected chi connectivity index (χ0v) is 11.0. The fourth-order valence-corrected chi connectivity index (χ4v) is 2.42. The van der Waals surface area contributed by atoms with Crippen molar-refractivity contribution in [3.63, 3.8) is 0 Å². The number of nitrogens with one attached hydrogen (secondary N) is 1. The van der Waals surface area contributed by atoms with E-state index < -0.39 is 0 Å². The van der Waals surface area contributed by atoms with Gasteiger partial charge in [0.1, 0.15) is 12.1 Å². The van der Waals surface area contributed by atoms with Gasteiger partial charge in [0.25, 0.3) is 0 Å². The number of hydrogen-bond donors (Lipinski definition) is 1. The SMILES string of the molecule is CCc1cc(NC(C)Cc2ccsc2)ncn1. The summed E-state index contributed by atoms with van der Waals surface area (Å²) in [5, 5.41) is 7.71. The average molecular weight is 247 g/mol. The van der Waals surface area contributed by atoms with Crippen LogP contribution in [0, 0.1) is 0 Å². The van der Waals surface area contributed by atoms with Crippen LogP contribution in [0.2, 0.25) is 0 Å². The predicted octanol–water partition coefficient (Wildman–Crippen LogP) is 3.14. The van der Waals surface area contributed by atoms with Gasteiger partial charge in [0.05, 0.1) is 0 Å². The molecule has 3 nitrogen and oxygen atoms in total. The Morgan fingerprint density at radius 1 is 1.41 bits per heavy atom. The molecule has 1 N–H and O–H groups in total. The molecule has 0 amide bonds. The Hall–Kier alpha value is -1.42. The second kappa shape index (κ2) is 5.77. The summed E-state index contributed by atoms with van der Waals surface area (Å²) in [5.41, 5.74) is 2.45. The third-order valence-corrected chi connectivity index (χ3v) is 3.33. The molecule has 0 bridgehead atoms. The predicted molar refractivity (Wildman–Crippen MR) is 72.5 cm³/mol. The average Bonchev–Trinajstić information content (AvgIpc) is 2.82. The highest BCUT2D eigenvalue weighted by atomic mass is 32.1. The van der Waals surface area contributed by atoms with E-state index in [9.17, 15) is 0 Å². The van der Waals surface area contributed by atoms with E-state index in [2.05, 4.69) is 46.0 Å². The summed E-state index contributed by atoms with van der Waals surface area (Å²) in [7, 11) is 0. The van der Waals surface area contributed by atoms with Gasteiger partial charge in [-0.25, -0.2) is 9.97 Å². The Balaban J connectivity index is 1.95. The normalized spacial score (nSPS) is 12.4. The maximum absolute atomic E-state index is 4.24. The number of aromatic nitrogens is 2. The summed E-state index contributed by atoms with van der Waals surface area (Å²) in [6.45, 7) is 4.27. The summed E-state index contributed by atoms with van der Waals surface area (Å²) in [5.74, 6) is 0.916. The Morgan fingerprint density at radius 2 is 2.29 bits per heavy atom. The van der Waals surface area contributed by atoms with Crippen molar-refractivity contribution in [1.29, 1.82) is 0 Å². The molecule has 0 radical (unpaired) electrons. The molecule has 0 aromatic carbocycles. The Kier molecular flexibility index (Phi) is 4.09. The maximum atomic E-state index is 4.24. The molecule has 0 aliphatic heterocycles. The van der Waals surface area contributed by atoms with E-state index >= 15 is 0 Å². The lowest BCUT2D eigenvalue weighted by molar-refractivity contribution is 0.784. The summed E-state index contributed by atoms with van der Waals surface area (Å²) in [6.07, 6.45) is 3.59. The van der Waals surface area contributed by atoms with E-state index in [4.69, 9.17) is 0 Å². The number of thiophene rings is 1. The first-order valence-corrected chi connectivity index (χ1v) is 6.80. The summed E-state index contributed by atoms with van der Waals surface area (Å²) in [4.78, 5) is 8.43. The lowest BCUT2D eigenvalue weighted by Gasteiger charge is -2.13. The molecule has 2 aromatic heterocycles. The molecule has 2 rings (SSSR count). The minimum Gasteiger partial charge on any atom is -0.367 e. The van der Waals surface area contributed by atoms with Crippen molar-refractivity contribution in [3.05, 3.63) is 40.5 Å². The van der Waals surface area contributed by atoms with E-state index in [0.29, 0.717) is 6.04 Å². The third-order valence-electron chi connectivity index (χ3n) is 2.60. The van der Waals surface area contributed by atoms with Crippen LogP contribution < -0.4 is 5.32 Å². The fourth-order valence-electron chi connectivity index (χ4n) is 1.74. The van der Waals surface area contributed by atoms with Gasteiger partial charge in [0, 0.05) is 17.8 Å². The maximum Gasteiger partial charge on any atom is 0.129 e. The molecule has 2 aromatic rings. The van der Waals surface area contributed by atoms with Gasteiger partial charge in [0.2, 0.25) is 0 Å². The number of aryl methyl sites for hydroxylation is 1. The van der Waals surface area contributed by atoms with Gasteiger partial charge in [0.15, 0.2) is 0 Å². The summed E-state index contributed by atoms with van der Waals surface area (Å²) >= 11 is 1.74. The Bertz CT molecular complexity index is 453. The van der Waals surface area contributed by atoms with Gasteiger partial charge >= 0.3 is 0 Å². The zero-order valence-electron chi connectivity index (χ0n) is 10.2. The molecule has 2 heterocycles. The summed E-state index contributed by atoms with van der Waals surface area (Å²) in [6, 6.07) is 4.56. The molecule has 1 unspecified atom stereocenters. The number of nitrogens with zero attached hydrogens (tertiary/aromatic N) is 2.